The topological polar surface area (TPSA) is 50.4 Å². The summed E-state index contributed by atoms with van der Waals surface area (Å²) in [5.74, 6) is 0.467. The molecule has 1 atom stereocenters. The first kappa shape index (κ1) is 16.7. The number of nitrogens with one attached hydrogen (secondary N) is 2. The lowest BCUT2D eigenvalue weighted by Gasteiger charge is -2.27. The van der Waals surface area contributed by atoms with Crippen LogP contribution in [0.4, 0.5) is 13.6 Å². The molecule has 0 unspecified atom stereocenters. The number of carbonyl (C=O) groups is 1. The van der Waals surface area contributed by atoms with Crippen molar-refractivity contribution in [2.75, 3.05) is 19.8 Å². The zero-order valence-electron chi connectivity index (χ0n) is 12.4. The van der Waals surface area contributed by atoms with Crippen molar-refractivity contribution in [2.45, 2.75) is 31.7 Å². The number of hydrogen-bond donors (Lipinski definition) is 2. The Morgan fingerprint density at radius 1 is 1.23 bits per heavy atom. The van der Waals surface area contributed by atoms with E-state index in [1.165, 1.54) is 0 Å². The largest absolute Gasteiger partial charge is 0.381 e. The summed E-state index contributed by atoms with van der Waals surface area (Å²) in [5, 5.41) is 5.01. The summed E-state index contributed by atoms with van der Waals surface area (Å²) < 4.78 is 29.7. The van der Waals surface area contributed by atoms with E-state index >= 15 is 0 Å². The summed E-state index contributed by atoms with van der Waals surface area (Å²) in [7, 11) is 0. The van der Waals surface area contributed by atoms with Gasteiger partial charge in [-0.05, 0) is 30.7 Å². The molecule has 22 heavy (non-hydrogen) atoms. The van der Waals surface area contributed by atoms with Crippen molar-refractivity contribution in [3.63, 3.8) is 0 Å². The van der Waals surface area contributed by atoms with Crippen LogP contribution in [0.15, 0.2) is 30.3 Å². The van der Waals surface area contributed by atoms with E-state index in [1.54, 1.807) is 0 Å². The van der Waals surface area contributed by atoms with E-state index in [0.717, 1.165) is 38.0 Å². The lowest BCUT2D eigenvalue weighted by Crippen LogP contribution is -2.40. The molecule has 0 aromatic heterocycles. The van der Waals surface area contributed by atoms with Crippen molar-refractivity contribution in [1.29, 1.82) is 0 Å². The number of urea groups is 1. The van der Waals surface area contributed by atoms with Crippen LogP contribution in [0.1, 0.15) is 30.9 Å². The Morgan fingerprint density at radius 3 is 2.55 bits per heavy atom. The van der Waals surface area contributed by atoms with Crippen LogP contribution in [0.25, 0.3) is 0 Å². The molecular formula is C16H22F2N2O2. The molecule has 2 amide bonds. The van der Waals surface area contributed by atoms with Crippen LogP contribution in [0.3, 0.4) is 0 Å². The first-order valence-electron chi connectivity index (χ1n) is 7.60. The van der Waals surface area contributed by atoms with E-state index in [4.69, 9.17) is 4.74 Å². The molecule has 2 rings (SSSR count). The van der Waals surface area contributed by atoms with Gasteiger partial charge in [0.05, 0.1) is 12.6 Å². The fourth-order valence-corrected chi connectivity index (χ4v) is 2.66. The molecule has 1 aliphatic heterocycles. The van der Waals surface area contributed by atoms with Crippen molar-refractivity contribution < 1.29 is 18.3 Å². The van der Waals surface area contributed by atoms with Crippen LogP contribution in [0.5, 0.6) is 0 Å². The third-order valence-corrected chi connectivity index (χ3v) is 3.83. The minimum absolute atomic E-state index is 0.179. The van der Waals surface area contributed by atoms with Gasteiger partial charge in [-0.1, -0.05) is 30.3 Å². The summed E-state index contributed by atoms with van der Waals surface area (Å²) in [6, 6.07) is 8.87. The maximum Gasteiger partial charge on any atom is 0.315 e. The van der Waals surface area contributed by atoms with Gasteiger partial charge >= 0.3 is 6.03 Å². The molecule has 4 nitrogen and oxygen atoms in total. The first-order valence-corrected chi connectivity index (χ1v) is 7.60. The van der Waals surface area contributed by atoms with Gasteiger partial charge in [-0.2, -0.15) is 0 Å². The third kappa shape index (κ3) is 5.60. The number of ether oxygens (including phenoxy) is 1. The van der Waals surface area contributed by atoms with E-state index in [0.29, 0.717) is 5.92 Å². The van der Waals surface area contributed by atoms with Crippen LogP contribution >= 0.6 is 0 Å². The third-order valence-electron chi connectivity index (χ3n) is 3.83. The summed E-state index contributed by atoms with van der Waals surface area (Å²) in [6.07, 6.45) is 0.166. The van der Waals surface area contributed by atoms with Gasteiger partial charge in [-0.15, -0.1) is 0 Å². The summed E-state index contributed by atoms with van der Waals surface area (Å²) in [4.78, 5) is 11.8. The maximum atomic E-state index is 12.2. The van der Waals surface area contributed by atoms with Gasteiger partial charge in [0.2, 0.25) is 0 Å². The number of amides is 2. The van der Waals surface area contributed by atoms with E-state index in [2.05, 4.69) is 10.6 Å². The average molecular weight is 312 g/mol. The molecule has 122 valence electrons. The highest BCUT2D eigenvalue weighted by molar-refractivity contribution is 5.74. The fraction of sp³-hybridized carbons (Fsp3) is 0.562. The number of benzene rings is 1. The molecule has 0 saturated carbocycles. The molecule has 0 aliphatic carbocycles. The Labute approximate surface area is 129 Å². The van der Waals surface area contributed by atoms with Crippen LogP contribution in [-0.2, 0) is 4.74 Å². The Balaban J connectivity index is 1.96. The Kier molecular flexibility index (Phi) is 6.58. The summed E-state index contributed by atoms with van der Waals surface area (Å²) in [6.45, 7) is 0.845. The lowest BCUT2D eigenvalue weighted by atomic mass is 9.89. The van der Waals surface area contributed by atoms with Crippen molar-refractivity contribution in [3.8, 4) is 0 Å². The molecular weight excluding hydrogens is 290 g/mol. The standard InChI is InChI=1S/C16H22F2N2O2/c17-15(18)11-19-16(21)20-14(13-4-2-1-3-5-13)10-12-6-8-22-9-7-12/h1-5,12,14-15H,6-11H2,(H2,19,20,21)/t14-/m1/s1. The van der Waals surface area contributed by atoms with Gasteiger partial charge in [0.15, 0.2) is 0 Å². The number of rotatable bonds is 6. The van der Waals surface area contributed by atoms with Gasteiger partial charge in [0.25, 0.3) is 6.43 Å². The molecule has 1 aromatic rings. The van der Waals surface area contributed by atoms with Crippen LogP contribution < -0.4 is 10.6 Å². The highest BCUT2D eigenvalue weighted by atomic mass is 19.3. The van der Waals surface area contributed by atoms with Gasteiger partial charge in [-0.3, -0.25) is 0 Å². The molecule has 1 aromatic carbocycles. The van der Waals surface area contributed by atoms with E-state index < -0.39 is 19.0 Å². The van der Waals surface area contributed by atoms with Crippen molar-refractivity contribution >= 4 is 6.03 Å². The number of hydrogen-bond acceptors (Lipinski definition) is 2. The Hall–Kier alpha value is -1.69. The van der Waals surface area contributed by atoms with Crippen LogP contribution in [-0.4, -0.2) is 32.2 Å². The van der Waals surface area contributed by atoms with E-state index in [-0.39, 0.29) is 6.04 Å². The summed E-state index contributed by atoms with van der Waals surface area (Å²) in [5.41, 5.74) is 0.987. The van der Waals surface area contributed by atoms with Crippen LogP contribution in [0.2, 0.25) is 0 Å². The molecule has 1 fully saturated rings. The highest BCUT2D eigenvalue weighted by Gasteiger charge is 2.22. The quantitative estimate of drug-likeness (QED) is 0.848. The molecule has 2 N–H and O–H groups in total. The predicted molar refractivity (Wildman–Crippen MR) is 79.9 cm³/mol. The second-order valence-corrected chi connectivity index (χ2v) is 5.50. The van der Waals surface area contributed by atoms with Gasteiger partial charge in [-0.25, -0.2) is 13.6 Å². The monoisotopic (exact) mass is 312 g/mol. The minimum Gasteiger partial charge on any atom is -0.381 e. The fourth-order valence-electron chi connectivity index (χ4n) is 2.66. The molecule has 6 heteroatoms. The summed E-state index contributed by atoms with van der Waals surface area (Å²) >= 11 is 0. The van der Waals surface area contributed by atoms with Gasteiger partial charge < -0.3 is 15.4 Å². The zero-order valence-corrected chi connectivity index (χ0v) is 12.4. The van der Waals surface area contributed by atoms with Crippen LogP contribution in [0, 0.1) is 5.92 Å². The number of alkyl halides is 2. The first-order chi connectivity index (χ1) is 10.6. The lowest BCUT2D eigenvalue weighted by molar-refractivity contribution is 0.0608. The molecule has 1 aliphatic rings. The molecule has 1 heterocycles. The SMILES string of the molecule is O=C(NCC(F)F)N[C@H](CC1CCOCC1)c1ccccc1. The van der Waals surface area contributed by atoms with Gasteiger partial charge in [0, 0.05) is 13.2 Å². The van der Waals surface area contributed by atoms with E-state index in [9.17, 15) is 13.6 Å². The minimum atomic E-state index is -2.54. The van der Waals surface area contributed by atoms with Crippen molar-refractivity contribution in [3.05, 3.63) is 35.9 Å². The van der Waals surface area contributed by atoms with Gasteiger partial charge in [0.1, 0.15) is 0 Å². The highest BCUT2D eigenvalue weighted by Crippen LogP contribution is 2.27. The Bertz CT molecular complexity index is 451. The number of halogens is 2. The normalized spacial score (nSPS) is 17.2. The molecule has 0 radical (unpaired) electrons. The molecule has 0 spiro atoms. The zero-order chi connectivity index (χ0) is 15.8. The number of carbonyl (C=O) groups excluding carboxylic acids is 1. The predicted octanol–water partition coefficient (Wildman–Crippen LogP) is 3.11. The Morgan fingerprint density at radius 2 is 1.91 bits per heavy atom. The maximum absolute atomic E-state index is 12.2. The molecule has 0 bridgehead atoms. The molecule has 1 saturated heterocycles. The van der Waals surface area contributed by atoms with Crippen molar-refractivity contribution in [2.24, 2.45) is 5.92 Å². The van der Waals surface area contributed by atoms with Crippen molar-refractivity contribution in [1.82, 2.24) is 10.6 Å². The smallest absolute Gasteiger partial charge is 0.315 e. The second kappa shape index (κ2) is 8.68. The van der Waals surface area contributed by atoms with E-state index in [1.807, 2.05) is 30.3 Å². The average Bonchev–Trinajstić information content (AvgIpc) is 2.54. The second-order valence-electron chi connectivity index (χ2n) is 5.50.